The van der Waals surface area contributed by atoms with Crippen LogP contribution in [0.2, 0.25) is 0 Å². The van der Waals surface area contributed by atoms with Crippen molar-refractivity contribution in [2.24, 2.45) is 27.4 Å². The van der Waals surface area contributed by atoms with Crippen LogP contribution >= 0.6 is 0 Å². The number of urea groups is 3. The van der Waals surface area contributed by atoms with Crippen LogP contribution in [-0.4, -0.2) is 70.4 Å². The van der Waals surface area contributed by atoms with Crippen molar-refractivity contribution < 1.29 is 19.2 Å². The van der Waals surface area contributed by atoms with Crippen molar-refractivity contribution in [3.05, 3.63) is 0 Å². The lowest BCUT2D eigenvalue weighted by Crippen LogP contribution is -2.68. The zero-order chi connectivity index (χ0) is 28.8. The molecule has 4 fully saturated rings. The molecule has 2 aliphatic heterocycles. The molecule has 0 spiro atoms. The molecule has 2 heterocycles. The average Bonchev–Trinajstić information content (AvgIpc) is 2.75. The zero-order valence-corrected chi connectivity index (χ0v) is 25.1. The Hall–Kier alpha value is -2.16. The van der Waals surface area contributed by atoms with E-state index in [1.807, 2.05) is 0 Å². The Morgan fingerprint density at radius 2 is 1.33 bits per heavy atom. The van der Waals surface area contributed by atoms with Crippen molar-refractivity contribution in [2.75, 3.05) is 19.6 Å². The van der Waals surface area contributed by atoms with Crippen LogP contribution in [0.3, 0.4) is 0 Å². The molecule has 39 heavy (non-hydrogen) atoms. The van der Waals surface area contributed by atoms with E-state index in [9.17, 15) is 19.2 Å². The molecule has 4 unspecified atom stereocenters. The lowest BCUT2D eigenvalue weighted by molar-refractivity contribution is -0.128. The second kappa shape index (κ2) is 10.7. The molecule has 9 heteroatoms. The molecule has 2 aliphatic carbocycles. The predicted molar refractivity (Wildman–Crippen MR) is 151 cm³/mol. The van der Waals surface area contributed by atoms with Crippen LogP contribution in [0.5, 0.6) is 0 Å². The summed E-state index contributed by atoms with van der Waals surface area (Å²) in [5, 5.41) is 3.14. The fourth-order valence-electron chi connectivity index (χ4n) is 8.76. The van der Waals surface area contributed by atoms with E-state index in [4.69, 9.17) is 5.73 Å². The molecule has 4 aliphatic rings. The van der Waals surface area contributed by atoms with Gasteiger partial charge in [-0.3, -0.25) is 9.69 Å². The summed E-state index contributed by atoms with van der Waals surface area (Å²) < 4.78 is 0. The van der Waals surface area contributed by atoms with Gasteiger partial charge in [0.15, 0.2) is 0 Å². The third kappa shape index (κ3) is 6.95. The molecule has 4 atom stereocenters. The summed E-state index contributed by atoms with van der Waals surface area (Å²) in [6.45, 7) is 14.2. The van der Waals surface area contributed by atoms with Gasteiger partial charge in [-0.25, -0.2) is 24.2 Å². The van der Waals surface area contributed by atoms with E-state index in [2.05, 4.69) is 46.9 Å². The quantitative estimate of drug-likeness (QED) is 0.475. The van der Waals surface area contributed by atoms with Gasteiger partial charge in [0.25, 0.3) is 0 Å². The van der Waals surface area contributed by atoms with E-state index in [0.29, 0.717) is 32.5 Å². The normalized spacial score (nSPS) is 35.3. The summed E-state index contributed by atoms with van der Waals surface area (Å²) in [7, 11) is 0. The largest absolute Gasteiger partial charge is 0.336 e. The Morgan fingerprint density at radius 1 is 0.795 bits per heavy atom. The summed E-state index contributed by atoms with van der Waals surface area (Å²) in [5.74, 6) is -0.0992. The van der Waals surface area contributed by atoms with Crippen molar-refractivity contribution in [1.82, 2.24) is 20.0 Å². The Labute approximate surface area is 234 Å². The second-order valence-electron chi connectivity index (χ2n) is 15.5. The van der Waals surface area contributed by atoms with Gasteiger partial charge >= 0.3 is 18.1 Å². The monoisotopic (exact) mass is 545 g/mol. The van der Waals surface area contributed by atoms with Crippen LogP contribution in [0.25, 0.3) is 0 Å². The molecule has 3 N–H and O–H groups in total. The Kier molecular flexibility index (Phi) is 8.16. The zero-order valence-electron chi connectivity index (χ0n) is 25.1. The highest BCUT2D eigenvalue weighted by atomic mass is 16.2. The number of rotatable bonds is 5. The minimum atomic E-state index is -0.337. The summed E-state index contributed by atoms with van der Waals surface area (Å²) in [4.78, 5) is 56.4. The molecule has 2 saturated heterocycles. The minimum absolute atomic E-state index is 0.0749. The first-order chi connectivity index (χ1) is 18.0. The molecular formula is C30H51N5O4. The topological polar surface area (TPSA) is 116 Å². The highest BCUT2D eigenvalue weighted by Crippen LogP contribution is 2.49. The van der Waals surface area contributed by atoms with Gasteiger partial charge in [-0.2, -0.15) is 0 Å². The van der Waals surface area contributed by atoms with Crippen molar-refractivity contribution >= 4 is 24.0 Å². The summed E-state index contributed by atoms with van der Waals surface area (Å²) in [6.07, 6.45) is 9.12. The van der Waals surface area contributed by atoms with Crippen molar-refractivity contribution in [2.45, 2.75) is 124 Å². The van der Waals surface area contributed by atoms with Gasteiger partial charge in [0, 0.05) is 38.1 Å². The van der Waals surface area contributed by atoms with Gasteiger partial charge in [0.05, 0.1) is 0 Å². The maximum absolute atomic E-state index is 13.3. The molecule has 0 aromatic rings. The van der Waals surface area contributed by atoms with E-state index >= 15 is 0 Å². The third-order valence-corrected chi connectivity index (χ3v) is 9.32. The van der Waals surface area contributed by atoms with Crippen LogP contribution in [0, 0.1) is 21.7 Å². The number of carbonyl (C=O) groups excluding carboxylic acids is 4. The molecule has 220 valence electrons. The Bertz CT molecular complexity index is 980. The highest BCUT2D eigenvalue weighted by molar-refractivity contribution is 6.11. The average molecular weight is 546 g/mol. The first-order valence-electron chi connectivity index (χ1n) is 15.0. The van der Waals surface area contributed by atoms with E-state index in [1.54, 1.807) is 0 Å². The molecule has 7 amide bonds. The molecule has 0 radical (unpaired) electrons. The minimum Gasteiger partial charge on any atom is -0.335 e. The molecule has 9 nitrogen and oxygen atoms in total. The maximum Gasteiger partial charge on any atom is 0.336 e. The number of carbonyl (C=O) groups is 4. The fraction of sp³-hybridized carbons (Fsp3) is 0.867. The number of nitrogens with zero attached hydrogens (tertiary/aromatic N) is 3. The van der Waals surface area contributed by atoms with Crippen LogP contribution < -0.4 is 11.1 Å². The van der Waals surface area contributed by atoms with Crippen molar-refractivity contribution in [3.8, 4) is 0 Å². The molecule has 0 aromatic heterocycles. The Morgan fingerprint density at radius 3 is 1.92 bits per heavy atom. The number of amides is 7. The van der Waals surface area contributed by atoms with Gasteiger partial charge in [-0.1, -0.05) is 54.4 Å². The number of hydrogen-bond acceptors (Lipinski definition) is 5. The van der Waals surface area contributed by atoms with Crippen LogP contribution in [0.4, 0.5) is 14.4 Å². The second-order valence-corrected chi connectivity index (χ2v) is 15.5. The summed E-state index contributed by atoms with van der Waals surface area (Å²) in [6, 6.07) is -0.817. The smallest absolute Gasteiger partial charge is 0.335 e. The highest BCUT2D eigenvalue weighted by Gasteiger charge is 2.52. The predicted octanol–water partition coefficient (Wildman–Crippen LogP) is 5.48. The molecule has 4 rings (SSSR count). The van der Waals surface area contributed by atoms with Crippen LogP contribution in [0.15, 0.2) is 0 Å². The van der Waals surface area contributed by atoms with E-state index in [0.717, 1.165) is 57.8 Å². The number of hydrogen-bond donors (Lipinski definition) is 2. The lowest BCUT2D eigenvalue weighted by atomic mass is 9.62. The van der Waals surface area contributed by atoms with E-state index in [1.165, 1.54) is 14.7 Å². The van der Waals surface area contributed by atoms with E-state index < -0.39 is 0 Å². The molecule has 0 bridgehead atoms. The number of imide groups is 3. The maximum atomic E-state index is 13.3. The number of likely N-dealkylation sites (tertiary alicyclic amines) is 1. The summed E-state index contributed by atoms with van der Waals surface area (Å²) in [5.41, 5.74) is 5.83. The molecular weight excluding hydrogens is 494 g/mol. The van der Waals surface area contributed by atoms with Crippen LogP contribution in [0.1, 0.15) is 112 Å². The molecule has 2 saturated carbocycles. The fourth-order valence-corrected chi connectivity index (χ4v) is 8.76. The SMILES string of the molecule is CC1(C)CC(N)CC(C)(CN2C(=O)N(CC3(C)CC(NC(=O)N4CCCCCCC4=O)CC(C)(C)C3)C2=O)C1. The van der Waals surface area contributed by atoms with Crippen molar-refractivity contribution in [1.29, 1.82) is 0 Å². The third-order valence-electron chi connectivity index (χ3n) is 9.32. The van der Waals surface area contributed by atoms with E-state index in [-0.39, 0.29) is 57.7 Å². The summed E-state index contributed by atoms with van der Waals surface area (Å²) >= 11 is 0. The first-order valence-corrected chi connectivity index (χ1v) is 15.0. The lowest BCUT2D eigenvalue weighted by Gasteiger charge is -2.52. The van der Waals surface area contributed by atoms with Gasteiger partial charge < -0.3 is 11.1 Å². The van der Waals surface area contributed by atoms with Gasteiger partial charge in [0.1, 0.15) is 0 Å². The number of nitrogens with two attached hydrogens (primary N) is 1. The number of nitrogens with one attached hydrogen (secondary N) is 1. The van der Waals surface area contributed by atoms with Gasteiger partial charge in [-0.05, 0) is 73.0 Å². The van der Waals surface area contributed by atoms with Gasteiger partial charge in [0.2, 0.25) is 5.91 Å². The Balaban J connectivity index is 1.39. The van der Waals surface area contributed by atoms with Crippen LogP contribution in [-0.2, 0) is 4.79 Å². The van der Waals surface area contributed by atoms with Gasteiger partial charge in [-0.15, -0.1) is 0 Å². The van der Waals surface area contributed by atoms with Crippen molar-refractivity contribution in [3.63, 3.8) is 0 Å². The standard InChI is InChI=1S/C30H51N5O4/c1-27(2)13-21(31)14-29(5,17-27)19-34-25(38)35(26(34)39)20-30(6)16-22(15-28(3,4)18-30)32-24(37)33-12-10-8-7-9-11-23(33)36/h21-22H,7-20,31H2,1-6H3,(H,32,37). The molecule has 0 aromatic carbocycles. The first kappa shape index (κ1) is 29.8.